The molecule has 10 heteroatoms. The van der Waals surface area contributed by atoms with Crippen LogP contribution in [0, 0.1) is 11.2 Å². The van der Waals surface area contributed by atoms with Crippen LogP contribution in [0.5, 0.6) is 5.75 Å². The normalized spacial score (nSPS) is 10.9. The van der Waals surface area contributed by atoms with Crippen molar-refractivity contribution >= 4 is 46.5 Å². The number of ether oxygens (including phenoxy) is 2. The lowest BCUT2D eigenvalue weighted by Gasteiger charge is -2.14. The van der Waals surface area contributed by atoms with Gasteiger partial charge >= 0.3 is 0 Å². The molecule has 1 aromatic heterocycles. The molecule has 0 aliphatic rings. The molecule has 0 saturated heterocycles. The van der Waals surface area contributed by atoms with Crippen molar-refractivity contribution in [2.24, 2.45) is 0 Å². The predicted octanol–water partition coefficient (Wildman–Crippen LogP) is 4.92. The minimum atomic E-state index is -0.962. The number of nitrogens with zero attached hydrogens (tertiary/aromatic N) is 1. The largest absolute Gasteiger partial charge is 0.486 e. The number of aromatic nitrogens is 1. The van der Waals surface area contributed by atoms with Crippen LogP contribution >= 0.6 is 23.2 Å². The number of nitrogen functional groups attached to an aromatic ring is 1. The summed E-state index contributed by atoms with van der Waals surface area (Å²) in [6.45, 7) is 7.06. The molecular weight excluding hydrogens is 446 g/mol. The number of hydrogen-bond acceptors (Lipinski definition) is 6. The number of carbonyl (C=O) groups is 1. The maximum absolute atomic E-state index is 15.0. The van der Waals surface area contributed by atoms with Crippen LogP contribution in [0.1, 0.15) is 15.9 Å². The Morgan fingerprint density at radius 3 is 2.77 bits per heavy atom. The lowest BCUT2D eigenvalue weighted by molar-refractivity contribution is 0.102. The van der Waals surface area contributed by atoms with E-state index in [1.165, 1.54) is 37.6 Å². The van der Waals surface area contributed by atoms with Crippen LogP contribution in [0.2, 0.25) is 5.02 Å². The molecule has 7 nitrogen and oxygen atoms in total. The summed E-state index contributed by atoms with van der Waals surface area (Å²) in [4.78, 5) is 16.6. The summed E-state index contributed by atoms with van der Waals surface area (Å²) < 4.78 is 25.3. The number of halogens is 3. The second-order valence-corrected chi connectivity index (χ2v) is 6.86. The average molecular weight is 465 g/mol. The zero-order chi connectivity index (χ0) is 23.1. The van der Waals surface area contributed by atoms with Crippen molar-refractivity contribution in [3.8, 4) is 5.75 Å². The van der Waals surface area contributed by atoms with Crippen LogP contribution in [0.3, 0.4) is 0 Å². The van der Waals surface area contributed by atoms with Crippen LogP contribution in [-0.4, -0.2) is 30.5 Å². The van der Waals surface area contributed by atoms with Gasteiger partial charge in [-0.05, 0) is 18.2 Å². The van der Waals surface area contributed by atoms with Gasteiger partial charge in [-0.3, -0.25) is 10.2 Å². The number of benzene rings is 1. The van der Waals surface area contributed by atoms with Crippen molar-refractivity contribution in [2.75, 3.05) is 24.8 Å². The number of carbonyl (C=O) groups excluding carboxylic acids is 1. The summed E-state index contributed by atoms with van der Waals surface area (Å²) in [5, 5.41) is 10.3. The smallest absolute Gasteiger partial charge is 0.260 e. The van der Waals surface area contributed by atoms with Crippen LogP contribution < -0.4 is 15.8 Å². The van der Waals surface area contributed by atoms with Crippen molar-refractivity contribution < 1.29 is 18.7 Å². The average Bonchev–Trinajstić information content (AvgIpc) is 2.72. The molecule has 0 radical (unpaired) electrons. The molecular formula is C21H19Cl2FN4O3. The molecule has 31 heavy (non-hydrogen) atoms. The SMILES string of the molecule is C=C/C=C(/COc1ccc(Cl)c(C(=O)Nc2cnc(N)c(C(=N)OC)c2)c1F)C(=C)Cl. The van der Waals surface area contributed by atoms with Crippen LogP contribution in [0.4, 0.5) is 15.9 Å². The van der Waals surface area contributed by atoms with Gasteiger partial charge in [0.15, 0.2) is 11.6 Å². The first-order chi connectivity index (χ1) is 14.7. The Labute approximate surface area is 188 Å². The summed E-state index contributed by atoms with van der Waals surface area (Å²) in [6, 6.07) is 3.99. The highest BCUT2D eigenvalue weighted by atomic mass is 35.5. The van der Waals surface area contributed by atoms with Crippen LogP contribution in [0.15, 0.2) is 60.3 Å². The number of pyridine rings is 1. The molecule has 1 aromatic carbocycles. The summed E-state index contributed by atoms with van der Waals surface area (Å²) >= 11 is 11.9. The minimum absolute atomic E-state index is 0.0359. The van der Waals surface area contributed by atoms with Gasteiger partial charge in [0.2, 0.25) is 5.90 Å². The van der Waals surface area contributed by atoms with Crippen LogP contribution in [0.25, 0.3) is 0 Å². The fraction of sp³-hybridized carbons (Fsp3) is 0.0952. The lowest BCUT2D eigenvalue weighted by atomic mass is 10.1. The van der Waals surface area contributed by atoms with Gasteiger partial charge in [0.25, 0.3) is 5.91 Å². The number of nitrogens with two attached hydrogens (primary N) is 1. The maximum Gasteiger partial charge on any atom is 0.260 e. The van der Waals surface area contributed by atoms with E-state index in [4.69, 9.17) is 43.8 Å². The quantitative estimate of drug-likeness (QED) is 0.291. The molecule has 0 spiro atoms. The molecule has 4 N–H and O–H groups in total. The second kappa shape index (κ2) is 10.6. The molecule has 1 amide bonds. The van der Waals surface area contributed by atoms with Crippen molar-refractivity contribution in [3.63, 3.8) is 0 Å². The Morgan fingerprint density at radius 1 is 1.45 bits per heavy atom. The van der Waals surface area contributed by atoms with Gasteiger partial charge in [0.1, 0.15) is 12.4 Å². The van der Waals surface area contributed by atoms with Gasteiger partial charge < -0.3 is 20.5 Å². The third-order valence-corrected chi connectivity index (χ3v) is 4.52. The summed E-state index contributed by atoms with van der Waals surface area (Å²) in [7, 11) is 1.29. The topological polar surface area (TPSA) is 110 Å². The molecule has 0 fully saturated rings. The highest BCUT2D eigenvalue weighted by molar-refractivity contribution is 6.34. The van der Waals surface area contributed by atoms with Gasteiger partial charge in [0, 0.05) is 10.6 Å². The molecule has 2 aromatic rings. The highest BCUT2D eigenvalue weighted by Gasteiger charge is 2.21. The molecule has 2 rings (SSSR count). The van der Waals surface area contributed by atoms with Gasteiger partial charge in [-0.15, -0.1) is 0 Å². The van der Waals surface area contributed by atoms with E-state index in [2.05, 4.69) is 23.5 Å². The highest BCUT2D eigenvalue weighted by Crippen LogP contribution is 2.29. The summed E-state index contributed by atoms with van der Waals surface area (Å²) in [5.41, 5.74) is 6.08. The van der Waals surface area contributed by atoms with Crippen LogP contribution in [-0.2, 0) is 4.74 Å². The molecule has 162 valence electrons. The Kier molecular flexibility index (Phi) is 8.18. The number of rotatable bonds is 8. The number of hydrogen-bond donors (Lipinski definition) is 3. The molecule has 0 unspecified atom stereocenters. The first-order valence-corrected chi connectivity index (χ1v) is 9.42. The minimum Gasteiger partial charge on any atom is -0.486 e. The Hall–Kier alpha value is -3.36. The summed E-state index contributed by atoms with van der Waals surface area (Å²) in [6.07, 6.45) is 4.31. The zero-order valence-electron chi connectivity index (χ0n) is 16.5. The van der Waals surface area contributed by atoms with E-state index in [1.807, 2.05) is 0 Å². The molecule has 0 bridgehead atoms. The molecule has 1 heterocycles. The number of anilines is 2. The van der Waals surface area contributed by atoms with Gasteiger partial charge in [-0.1, -0.05) is 48.5 Å². The van der Waals surface area contributed by atoms with Gasteiger partial charge in [-0.2, -0.15) is 0 Å². The third-order valence-electron chi connectivity index (χ3n) is 3.96. The van der Waals surface area contributed by atoms with Crippen molar-refractivity contribution in [3.05, 3.63) is 82.3 Å². The van der Waals surface area contributed by atoms with Crippen molar-refractivity contribution in [1.29, 1.82) is 5.41 Å². The Balaban J connectivity index is 2.30. The predicted molar refractivity (Wildman–Crippen MR) is 121 cm³/mol. The van der Waals surface area contributed by atoms with Gasteiger partial charge in [0.05, 0.1) is 35.1 Å². The summed E-state index contributed by atoms with van der Waals surface area (Å²) in [5.74, 6) is -2.23. The van der Waals surface area contributed by atoms with E-state index in [1.54, 1.807) is 6.08 Å². The van der Waals surface area contributed by atoms with E-state index >= 15 is 0 Å². The zero-order valence-corrected chi connectivity index (χ0v) is 18.0. The first-order valence-electron chi connectivity index (χ1n) is 8.66. The number of methoxy groups -OCH3 is 1. The molecule has 0 aliphatic heterocycles. The van der Waals surface area contributed by atoms with Gasteiger partial charge in [-0.25, -0.2) is 9.37 Å². The van der Waals surface area contributed by atoms with Crippen molar-refractivity contribution in [2.45, 2.75) is 0 Å². The van der Waals surface area contributed by atoms with E-state index in [0.717, 1.165) is 0 Å². The number of amides is 1. The van der Waals surface area contributed by atoms with E-state index in [-0.39, 0.29) is 45.4 Å². The molecule has 0 saturated carbocycles. The maximum atomic E-state index is 15.0. The number of nitrogens with one attached hydrogen (secondary N) is 2. The molecule has 0 aliphatic carbocycles. The lowest BCUT2D eigenvalue weighted by Crippen LogP contribution is -2.17. The third kappa shape index (κ3) is 5.84. The van der Waals surface area contributed by atoms with Crippen molar-refractivity contribution in [1.82, 2.24) is 4.98 Å². The first kappa shape index (κ1) is 23.9. The number of allylic oxidation sites excluding steroid dienone is 2. The fourth-order valence-electron chi connectivity index (χ4n) is 2.40. The standard InChI is InChI=1S/C21H19Cl2FN4O3/c1-4-5-12(11(2)22)10-31-16-7-6-15(23)17(18(16)24)21(29)28-13-8-14(20(26)30-3)19(25)27-9-13/h4-9,26H,1-2,10H2,3H3,(H2,25,27)(H,28,29)/b12-5-,26-20?. The molecule has 0 atom stereocenters. The monoisotopic (exact) mass is 464 g/mol. The fourth-order valence-corrected chi connectivity index (χ4v) is 2.75. The van der Waals surface area contributed by atoms with E-state index in [0.29, 0.717) is 5.57 Å². The van der Waals surface area contributed by atoms with E-state index < -0.39 is 17.3 Å². The Morgan fingerprint density at radius 2 is 2.16 bits per heavy atom. The van der Waals surface area contributed by atoms with E-state index in [9.17, 15) is 9.18 Å². The second-order valence-electron chi connectivity index (χ2n) is 6.00. The Bertz CT molecular complexity index is 1090.